The van der Waals surface area contributed by atoms with E-state index in [4.69, 9.17) is 9.47 Å². The Hall–Kier alpha value is -1.09. The van der Waals surface area contributed by atoms with Gasteiger partial charge < -0.3 is 20.1 Å². The molecule has 0 aliphatic rings. The maximum atomic E-state index is 5.78. The number of aliphatic imine (C=N–C) groups is 1. The maximum absolute atomic E-state index is 5.78. The van der Waals surface area contributed by atoms with Gasteiger partial charge in [-0.3, -0.25) is 4.99 Å². The van der Waals surface area contributed by atoms with Crippen molar-refractivity contribution in [2.45, 2.75) is 53.2 Å². The second-order valence-corrected chi connectivity index (χ2v) is 6.20. The molecule has 1 atom stereocenters. The van der Waals surface area contributed by atoms with Crippen LogP contribution >= 0.6 is 24.0 Å². The van der Waals surface area contributed by atoms with Crippen molar-refractivity contribution in [3.63, 3.8) is 0 Å². The SMILES string of the molecule is CCCOc1ncccc1CNC(=NC)NCCC(OCC)C(C)C.I. The van der Waals surface area contributed by atoms with E-state index in [1.165, 1.54) is 0 Å². The van der Waals surface area contributed by atoms with Gasteiger partial charge in [0.1, 0.15) is 0 Å². The summed E-state index contributed by atoms with van der Waals surface area (Å²) in [5.74, 6) is 1.96. The molecule has 1 rings (SSSR count). The molecule has 1 heterocycles. The number of hydrogen-bond donors (Lipinski definition) is 2. The molecule has 0 saturated carbocycles. The summed E-state index contributed by atoms with van der Waals surface area (Å²) in [5.41, 5.74) is 1.02. The van der Waals surface area contributed by atoms with Crippen molar-refractivity contribution in [1.82, 2.24) is 15.6 Å². The molecule has 7 heteroatoms. The highest BCUT2D eigenvalue weighted by Crippen LogP contribution is 2.14. The van der Waals surface area contributed by atoms with Gasteiger partial charge >= 0.3 is 0 Å². The molecule has 0 aromatic carbocycles. The van der Waals surface area contributed by atoms with Gasteiger partial charge in [-0.05, 0) is 31.7 Å². The Kier molecular flexibility index (Phi) is 14.4. The van der Waals surface area contributed by atoms with Gasteiger partial charge in [0, 0.05) is 38.5 Å². The molecule has 1 aromatic rings. The predicted molar refractivity (Wildman–Crippen MR) is 119 cm³/mol. The van der Waals surface area contributed by atoms with Crippen molar-refractivity contribution in [3.05, 3.63) is 23.9 Å². The van der Waals surface area contributed by atoms with Crippen LogP contribution in [0.3, 0.4) is 0 Å². The maximum Gasteiger partial charge on any atom is 0.218 e. The molecule has 1 unspecified atom stereocenters. The van der Waals surface area contributed by atoms with E-state index in [1.54, 1.807) is 13.2 Å². The number of aromatic nitrogens is 1. The van der Waals surface area contributed by atoms with Crippen LogP contribution in [0.2, 0.25) is 0 Å². The molecular formula is C19H35IN4O2. The number of hydrogen-bond acceptors (Lipinski definition) is 4. The van der Waals surface area contributed by atoms with Gasteiger partial charge in [-0.15, -0.1) is 24.0 Å². The first-order valence-corrected chi connectivity index (χ1v) is 9.25. The summed E-state index contributed by atoms with van der Waals surface area (Å²) in [6.07, 6.45) is 3.93. The van der Waals surface area contributed by atoms with Crippen molar-refractivity contribution in [1.29, 1.82) is 0 Å². The highest BCUT2D eigenvalue weighted by molar-refractivity contribution is 14.0. The Labute approximate surface area is 175 Å². The van der Waals surface area contributed by atoms with Gasteiger partial charge in [0.05, 0.1) is 12.7 Å². The minimum atomic E-state index is 0. The topological polar surface area (TPSA) is 67.8 Å². The standard InChI is InChI=1S/C19H34N4O2.HI/c1-6-13-25-18-16(9-8-11-21-18)14-23-19(20-5)22-12-10-17(15(3)4)24-7-2;/h8-9,11,15,17H,6-7,10,12-14H2,1-5H3,(H2,20,22,23);1H. The first kappa shape index (κ1) is 24.9. The van der Waals surface area contributed by atoms with Gasteiger partial charge in [0.15, 0.2) is 5.96 Å². The van der Waals surface area contributed by atoms with E-state index >= 15 is 0 Å². The number of rotatable bonds is 11. The Morgan fingerprint density at radius 1 is 1.27 bits per heavy atom. The second-order valence-electron chi connectivity index (χ2n) is 6.20. The summed E-state index contributed by atoms with van der Waals surface area (Å²) in [4.78, 5) is 8.58. The molecular weight excluding hydrogens is 443 g/mol. The van der Waals surface area contributed by atoms with Gasteiger partial charge in [0.2, 0.25) is 5.88 Å². The first-order valence-electron chi connectivity index (χ1n) is 9.25. The quantitative estimate of drug-likeness (QED) is 0.289. The lowest BCUT2D eigenvalue weighted by atomic mass is 10.0. The van der Waals surface area contributed by atoms with Gasteiger partial charge in [-0.25, -0.2) is 4.98 Å². The predicted octanol–water partition coefficient (Wildman–Crippen LogP) is 3.60. The smallest absolute Gasteiger partial charge is 0.218 e. The third-order valence-electron chi connectivity index (χ3n) is 3.81. The van der Waals surface area contributed by atoms with E-state index < -0.39 is 0 Å². The van der Waals surface area contributed by atoms with Crippen LogP contribution in [0, 0.1) is 5.92 Å². The van der Waals surface area contributed by atoms with Crippen molar-refractivity contribution in [3.8, 4) is 5.88 Å². The molecule has 0 radical (unpaired) electrons. The van der Waals surface area contributed by atoms with Crippen LogP contribution in [0.15, 0.2) is 23.3 Å². The summed E-state index contributed by atoms with van der Waals surface area (Å²) >= 11 is 0. The summed E-state index contributed by atoms with van der Waals surface area (Å²) in [5, 5.41) is 6.66. The molecule has 0 saturated heterocycles. The number of pyridine rings is 1. The van der Waals surface area contributed by atoms with E-state index in [0.717, 1.165) is 37.5 Å². The monoisotopic (exact) mass is 478 g/mol. The molecule has 26 heavy (non-hydrogen) atoms. The van der Waals surface area contributed by atoms with E-state index in [0.29, 0.717) is 24.9 Å². The highest BCUT2D eigenvalue weighted by atomic mass is 127. The molecule has 6 nitrogen and oxygen atoms in total. The van der Waals surface area contributed by atoms with Crippen LogP contribution in [-0.4, -0.2) is 43.9 Å². The van der Waals surface area contributed by atoms with Crippen LogP contribution in [0.1, 0.15) is 46.1 Å². The van der Waals surface area contributed by atoms with Crippen molar-refractivity contribution < 1.29 is 9.47 Å². The lowest BCUT2D eigenvalue weighted by Crippen LogP contribution is -2.39. The molecule has 0 amide bonds. The second kappa shape index (κ2) is 15.0. The fourth-order valence-corrected chi connectivity index (χ4v) is 2.44. The van der Waals surface area contributed by atoms with Crippen LogP contribution in [0.4, 0.5) is 0 Å². The lowest BCUT2D eigenvalue weighted by molar-refractivity contribution is 0.0258. The first-order chi connectivity index (χ1) is 12.1. The summed E-state index contributed by atoms with van der Waals surface area (Å²) in [6.45, 7) is 11.3. The zero-order valence-corrected chi connectivity index (χ0v) is 19.1. The van der Waals surface area contributed by atoms with Crippen LogP contribution in [-0.2, 0) is 11.3 Å². The van der Waals surface area contributed by atoms with Gasteiger partial charge in [-0.2, -0.15) is 0 Å². The van der Waals surface area contributed by atoms with Crippen molar-refractivity contribution in [2.75, 3.05) is 26.8 Å². The average molecular weight is 478 g/mol. The zero-order valence-electron chi connectivity index (χ0n) is 16.7. The average Bonchev–Trinajstić information content (AvgIpc) is 2.62. The van der Waals surface area contributed by atoms with Gasteiger partial charge in [0.25, 0.3) is 0 Å². The number of halogens is 1. The molecule has 0 fully saturated rings. The largest absolute Gasteiger partial charge is 0.477 e. The minimum Gasteiger partial charge on any atom is -0.477 e. The van der Waals surface area contributed by atoms with Crippen LogP contribution in [0.25, 0.3) is 0 Å². The third kappa shape index (κ3) is 9.56. The zero-order chi connectivity index (χ0) is 18.5. The Balaban J connectivity index is 0.00000625. The number of nitrogens with one attached hydrogen (secondary N) is 2. The number of ether oxygens (including phenoxy) is 2. The fraction of sp³-hybridized carbons (Fsp3) is 0.684. The molecule has 1 aromatic heterocycles. The summed E-state index contributed by atoms with van der Waals surface area (Å²) < 4.78 is 11.5. The Morgan fingerprint density at radius 3 is 2.65 bits per heavy atom. The normalized spacial score (nSPS) is 12.5. The van der Waals surface area contributed by atoms with E-state index in [9.17, 15) is 0 Å². The molecule has 150 valence electrons. The van der Waals surface area contributed by atoms with Gasteiger partial charge in [-0.1, -0.05) is 26.8 Å². The summed E-state index contributed by atoms with van der Waals surface area (Å²) in [6, 6.07) is 3.93. The van der Waals surface area contributed by atoms with Crippen molar-refractivity contribution >= 4 is 29.9 Å². The minimum absolute atomic E-state index is 0. The third-order valence-corrected chi connectivity index (χ3v) is 3.81. The molecule has 0 aliphatic heterocycles. The number of guanidine groups is 1. The van der Waals surface area contributed by atoms with E-state index in [1.807, 2.05) is 19.1 Å². The Bertz CT molecular complexity index is 512. The molecule has 2 N–H and O–H groups in total. The summed E-state index contributed by atoms with van der Waals surface area (Å²) in [7, 11) is 1.77. The lowest BCUT2D eigenvalue weighted by Gasteiger charge is -2.21. The van der Waals surface area contributed by atoms with Crippen molar-refractivity contribution in [2.24, 2.45) is 10.9 Å². The molecule has 0 bridgehead atoms. The fourth-order valence-electron chi connectivity index (χ4n) is 2.44. The Morgan fingerprint density at radius 2 is 2.04 bits per heavy atom. The van der Waals surface area contributed by atoms with Crippen LogP contribution in [0.5, 0.6) is 5.88 Å². The number of nitrogens with zero attached hydrogens (tertiary/aromatic N) is 2. The van der Waals surface area contributed by atoms with E-state index in [-0.39, 0.29) is 30.1 Å². The van der Waals surface area contributed by atoms with E-state index in [2.05, 4.69) is 41.4 Å². The molecule has 0 aliphatic carbocycles. The van der Waals surface area contributed by atoms with Crippen LogP contribution < -0.4 is 15.4 Å². The molecule has 0 spiro atoms. The highest BCUT2D eigenvalue weighted by Gasteiger charge is 2.13.